The molecule has 29 heavy (non-hydrogen) atoms. The van der Waals surface area contributed by atoms with Gasteiger partial charge in [-0.3, -0.25) is 4.79 Å². The van der Waals surface area contributed by atoms with E-state index in [1.807, 2.05) is 43.3 Å². The Morgan fingerprint density at radius 3 is 2.34 bits per heavy atom. The Bertz CT molecular complexity index is 871. The fraction of sp³-hybridized carbons (Fsp3) is 0.500. The fourth-order valence-corrected chi connectivity index (χ4v) is 3.86. The van der Waals surface area contributed by atoms with Crippen LogP contribution in [-0.2, 0) is 10.3 Å². The minimum atomic E-state index is -4.12. The molecule has 1 atom stereocenters. The normalized spacial score (nSPS) is 22.2. The standard InChI is InChI=1S/C22H26F3NO3/c1-21(26,11-10-20(27)28)17-4-2-15-13-19(7-3-14(15)12-17)29-18-8-5-16(6-9-18)22(23,24)25/h2-4,7,12-13,16,18H,5-6,8-11,26H2,1H3,(H,27,28). The maximum absolute atomic E-state index is 12.8. The van der Waals surface area contributed by atoms with E-state index < -0.39 is 23.6 Å². The molecule has 1 unspecified atom stereocenters. The average molecular weight is 409 g/mol. The molecule has 1 aliphatic carbocycles. The highest BCUT2D eigenvalue weighted by Gasteiger charge is 2.41. The van der Waals surface area contributed by atoms with Crippen molar-refractivity contribution in [3.05, 3.63) is 42.0 Å². The van der Waals surface area contributed by atoms with Crippen molar-refractivity contribution in [2.45, 2.75) is 63.3 Å². The van der Waals surface area contributed by atoms with Crippen LogP contribution in [0.15, 0.2) is 36.4 Å². The zero-order chi connectivity index (χ0) is 21.2. The fourth-order valence-electron chi connectivity index (χ4n) is 3.86. The molecule has 158 valence electrons. The Morgan fingerprint density at radius 1 is 1.10 bits per heavy atom. The molecule has 1 saturated carbocycles. The molecule has 0 heterocycles. The number of carboxylic acids is 1. The molecule has 1 aliphatic rings. The number of nitrogens with two attached hydrogens (primary N) is 1. The van der Waals surface area contributed by atoms with Gasteiger partial charge in [0.15, 0.2) is 0 Å². The van der Waals surface area contributed by atoms with E-state index in [0.29, 0.717) is 25.0 Å². The molecule has 4 nitrogen and oxygen atoms in total. The quantitative estimate of drug-likeness (QED) is 0.672. The van der Waals surface area contributed by atoms with Gasteiger partial charge in [0.25, 0.3) is 0 Å². The van der Waals surface area contributed by atoms with Gasteiger partial charge in [-0.25, -0.2) is 0 Å². The monoisotopic (exact) mass is 409 g/mol. The first-order valence-corrected chi connectivity index (χ1v) is 9.83. The molecule has 0 aromatic heterocycles. The van der Waals surface area contributed by atoms with E-state index in [9.17, 15) is 18.0 Å². The molecule has 2 aromatic carbocycles. The SMILES string of the molecule is CC(N)(CCC(=O)O)c1ccc2cc(OC3CCC(C(F)(F)F)CC3)ccc2c1. The molecular formula is C22H26F3NO3. The van der Waals surface area contributed by atoms with Crippen LogP contribution in [0.2, 0.25) is 0 Å². The first-order valence-electron chi connectivity index (χ1n) is 9.83. The van der Waals surface area contributed by atoms with Crippen molar-refractivity contribution in [1.82, 2.24) is 0 Å². The number of aliphatic carboxylic acids is 1. The summed E-state index contributed by atoms with van der Waals surface area (Å²) < 4.78 is 44.3. The summed E-state index contributed by atoms with van der Waals surface area (Å²) >= 11 is 0. The molecule has 3 N–H and O–H groups in total. The van der Waals surface area contributed by atoms with Crippen molar-refractivity contribution in [2.24, 2.45) is 11.7 Å². The van der Waals surface area contributed by atoms with Gasteiger partial charge in [0.1, 0.15) is 5.75 Å². The Kier molecular flexibility index (Phi) is 6.08. The number of alkyl halides is 3. The van der Waals surface area contributed by atoms with Crippen LogP contribution in [0.25, 0.3) is 10.8 Å². The highest BCUT2D eigenvalue weighted by Crippen LogP contribution is 2.38. The van der Waals surface area contributed by atoms with Crippen molar-refractivity contribution in [2.75, 3.05) is 0 Å². The number of carboxylic acid groups (broad SMARTS) is 1. The van der Waals surface area contributed by atoms with Gasteiger partial charge in [0.2, 0.25) is 0 Å². The second-order valence-electron chi connectivity index (χ2n) is 8.17. The maximum atomic E-state index is 12.8. The van der Waals surface area contributed by atoms with Crippen LogP contribution in [0.3, 0.4) is 0 Å². The minimum Gasteiger partial charge on any atom is -0.490 e. The van der Waals surface area contributed by atoms with Crippen molar-refractivity contribution in [3.63, 3.8) is 0 Å². The summed E-state index contributed by atoms with van der Waals surface area (Å²) in [6.07, 6.45) is -2.98. The number of halogens is 3. The number of benzene rings is 2. The van der Waals surface area contributed by atoms with Gasteiger partial charge < -0.3 is 15.6 Å². The van der Waals surface area contributed by atoms with Crippen molar-refractivity contribution >= 4 is 16.7 Å². The van der Waals surface area contributed by atoms with Crippen molar-refractivity contribution < 1.29 is 27.8 Å². The number of hydrogen-bond acceptors (Lipinski definition) is 3. The van der Waals surface area contributed by atoms with Crippen molar-refractivity contribution in [1.29, 1.82) is 0 Å². The Hall–Kier alpha value is -2.28. The zero-order valence-electron chi connectivity index (χ0n) is 16.3. The smallest absolute Gasteiger partial charge is 0.391 e. The highest BCUT2D eigenvalue weighted by atomic mass is 19.4. The van der Waals surface area contributed by atoms with E-state index in [4.69, 9.17) is 15.6 Å². The third kappa shape index (κ3) is 5.41. The highest BCUT2D eigenvalue weighted by molar-refractivity contribution is 5.84. The molecule has 0 bridgehead atoms. The Labute approximate surface area is 167 Å². The lowest BCUT2D eigenvalue weighted by Crippen LogP contribution is -2.33. The molecule has 0 radical (unpaired) electrons. The number of ether oxygens (including phenoxy) is 1. The lowest BCUT2D eigenvalue weighted by molar-refractivity contribution is -0.185. The van der Waals surface area contributed by atoms with Gasteiger partial charge in [-0.15, -0.1) is 0 Å². The van der Waals surface area contributed by atoms with E-state index in [1.165, 1.54) is 0 Å². The average Bonchev–Trinajstić information content (AvgIpc) is 2.66. The molecule has 0 amide bonds. The van der Waals surface area contributed by atoms with Gasteiger partial charge in [0, 0.05) is 12.0 Å². The van der Waals surface area contributed by atoms with Gasteiger partial charge >= 0.3 is 12.1 Å². The van der Waals surface area contributed by atoms with Crippen LogP contribution < -0.4 is 10.5 Å². The molecule has 0 spiro atoms. The number of fused-ring (bicyclic) bond motifs is 1. The van der Waals surface area contributed by atoms with E-state index in [1.54, 1.807) is 0 Å². The minimum absolute atomic E-state index is 0.00556. The van der Waals surface area contributed by atoms with E-state index >= 15 is 0 Å². The lowest BCUT2D eigenvalue weighted by Gasteiger charge is -2.30. The van der Waals surface area contributed by atoms with Gasteiger partial charge in [-0.2, -0.15) is 13.2 Å². The van der Waals surface area contributed by atoms with E-state index in [-0.39, 0.29) is 25.4 Å². The first kappa shape index (κ1) is 21.4. The van der Waals surface area contributed by atoms with E-state index in [0.717, 1.165) is 16.3 Å². The summed E-state index contributed by atoms with van der Waals surface area (Å²) in [6.45, 7) is 1.81. The van der Waals surface area contributed by atoms with Crippen LogP contribution >= 0.6 is 0 Å². The van der Waals surface area contributed by atoms with Crippen molar-refractivity contribution in [3.8, 4) is 5.75 Å². The zero-order valence-corrected chi connectivity index (χ0v) is 16.3. The largest absolute Gasteiger partial charge is 0.490 e. The maximum Gasteiger partial charge on any atom is 0.391 e. The van der Waals surface area contributed by atoms with Crippen LogP contribution in [0.4, 0.5) is 13.2 Å². The summed E-state index contributed by atoms with van der Waals surface area (Å²) in [4.78, 5) is 10.8. The van der Waals surface area contributed by atoms with Crippen LogP contribution in [-0.4, -0.2) is 23.4 Å². The molecule has 3 rings (SSSR count). The molecule has 1 fully saturated rings. The summed E-state index contributed by atoms with van der Waals surface area (Å²) in [6, 6.07) is 11.3. The molecule has 7 heteroatoms. The topological polar surface area (TPSA) is 72.6 Å². The number of carbonyl (C=O) groups is 1. The first-order chi connectivity index (χ1) is 13.5. The van der Waals surface area contributed by atoms with Crippen LogP contribution in [0.5, 0.6) is 5.75 Å². The summed E-state index contributed by atoms with van der Waals surface area (Å²) in [7, 11) is 0. The van der Waals surface area contributed by atoms with Gasteiger partial charge in [-0.05, 0) is 73.6 Å². The van der Waals surface area contributed by atoms with Crippen LogP contribution in [0.1, 0.15) is 51.0 Å². The lowest BCUT2D eigenvalue weighted by atomic mass is 9.87. The predicted molar refractivity (Wildman–Crippen MR) is 105 cm³/mol. The Morgan fingerprint density at radius 2 is 1.72 bits per heavy atom. The molecule has 0 saturated heterocycles. The third-order valence-electron chi connectivity index (χ3n) is 5.77. The van der Waals surface area contributed by atoms with E-state index in [2.05, 4.69) is 0 Å². The van der Waals surface area contributed by atoms with Crippen LogP contribution in [0, 0.1) is 5.92 Å². The van der Waals surface area contributed by atoms with Gasteiger partial charge in [0.05, 0.1) is 12.0 Å². The molecular weight excluding hydrogens is 383 g/mol. The third-order valence-corrected chi connectivity index (χ3v) is 5.77. The molecule has 0 aliphatic heterocycles. The molecule has 2 aromatic rings. The summed E-state index contributed by atoms with van der Waals surface area (Å²) in [5, 5.41) is 10.8. The second kappa shape index (κ2) is 8.22. The second-order valence-corrected chi connectivity index (χ2v) is 8.17. The number of hydrogen-bond donors (Lipinski definition) is 2. The Balaban J connectivity index is 1.67. The summed E-state index contributed by atoms with van der Waals surface area (Å²) in [5.41, 5.74) is 6.41. The predicted octanol–water partition coefficient (Wildman–Crippen LogP) is 5.38. The summed E-state index contributed by atoms with van der Waals surface area (Å²) in [5.74, 6) is -1.46. The van der Waals surface area contributed by atoms with Gasteiger partial charge in [-0.1, -0.05) is 18.2 Å². The number of rotatable bonds is 6.